The van der Waals surface area contributed by atoms with Crippen LogP contribution in [0, 0.1) is 0 Å². The lowest BCUT2D eigenvalue weighted by Crippen LogP contribution is -2.53. The van der Waals surface area contributed by atoms with Crippen molar-refractivity contribution in [3.05, 3.63) is 38.9 Å². The minimum atomic E-state index is 0.0449. The van der Waals surface area contributed by atoms with E-state index in [0.717, 1.165) is 48.3 Å². The van der Waals surface area contributed by atoms with Crippen LogP contribution in [0.5, 0.6) is 0 Å². The fraction of sp³-hybridized carbons (Fsp3) is 0.600. The molecule has 1 aliphatic heterocycles. The van der Waals surface area contributed by atoms with Crippen molar-refractivity contribution in [2.24, 2.45) is 0 Å². The van der Waals surface area contributed by atoms with Crippen molar-refractivity contribution in [1.29, 1.82) is 0 Å². The molecule has 2 aromatic rings. The maximum absolute atomic E-state index is 13.1. The lowest BCUT2D eigenvalue weighted by Gasteiger charge is -2.39. The number of rotatable bonds is 7. The molecule has 1 aromatic heterocycles. The lowest BCUT2D eigenvalue weighted by molar-refractivity contribution is 0.0839. The van der Waals surface area contributed by atoms with Crippen LogP contribution in [-0.2, 0) is 11.3 Å². The number of methoxy groups -OCH3 is 1. The molecule has 7 heteroatoms. The molecule has 148 valence electrons. The number of piperazine rings is 1. The van der Waals surface area contributed by atoms with Crippen molar-refractivity contribution in [2.45, 2.75) is 45.3 Å². The number of benzene rings is 1. The van der Waals surface area contributed by atoms with Gasteiger partial charge in [-0.2, -0.15) is 0 Å². The second-order valence-electron chi connectivity index (χ2n) is 7.09. The Morgan fingerprint density at radius 3 is 2.93 bits per heavy atom. The van der Waals surface area contributed by atoms with Gasteiger partial charge in [0.15, 0.2) is 0 Å². The average Bonchev–Trinajstić information content (AvgIpc) is 2.67. The van der Waals surface area contributed by atoms with Gasteiger partial charge >= 0.3 is 0 Å². The zero-order valence-corrected chi connectivity index (χ0v) is 18.0. The lowest BCUT2D eigenvalue weighted by atomic mass is 10.1. The van der Waals surface area contributed by atoms with Gasteiger partial charge < -0.3 is 10.1 Å². The number of nitrogens with zero attached hydrogens (tertiary/aromatic N) is 3. The minimum Gasteiger partial charge on any atom is -0.383 e. The highest BCUT2D eigenvalue weighted by Gasteiger charge is 2.29. The van der Waals surface area contributed by atoms with Gasteiger partial charge in [0.1, 0.15) is 5.82 Å². The van der Waals surface area contributed by atoms with Crippen molar-refractivity contribution in [1.82, 2.24) is 19.8 Å². The van der Waals surface area contributed by atoms with Gasteiger partial charge in [0.25, 0.3) is 5.56 Å². The summed E-state index contributed by atoms with van der Waals surface area (Å²) >= 11 is 3.47. The van der Waals surface area contributed by atoms with E-state index in [9.17, 15) is 4.79 Å². The molecule has 0 aliphatic carbocycles. The third-order valence-electron chi connectivity index (χ3n) is 5.22. The van der Waals surface area contributed by atoms with Crippen LogP contribution in [-0.4, -0.2) is 53.8 Å². The standard InChI is InChI=1S/C20H29BrN4O2/c1-4-6-18(24-10-9-22-15(12-24)13-27-3)19-23-17-8-7-14(21)11-16(17)20(26)25(19)5-2/h7-8,11,15,18,22H,4-6,9-10,12-13H2,1-3H3/t15-,18-/m1/s1. The van der Waals surface area contributed by atoms with E-state index in [-0.39, 0.29) is 11.6 Å². The summed E-state index contributed by atoms with van der Waals surface area (Å²) in [5.41, 5.74) is 0.816. The molecule has 0 spiro atoms. The summed E-state index contributed by atoms with van der Waals surface area (Å²) in [6.45, 7) is 8.29. The molecule has 0 radical (unpaired) electrons. The number of halogens is 1. The maximum Gasteiger partial charge on any atom is 0.261 e. The number of ether oxygens (including phenoxy) is 1. The minimum absolute atomic E-state index is 0.0449. The van der Waals surface area contributed by atoms with Gasteiger partial charge in [0.05, 0.1) is 23.6 Å². The van der Waals surface area contributed by atoms with Gasteiger partial charge in [-0.1, -0.05) is 29.3 Å². The molecule has 1 aromatic carbocycles. The Morgan fingerprint density at radius 1 is 1.41 bits per heavy atom. The first-order valence-corrected chi connectivity index (χ1v) is 10.5. The van der Waals surface area contributed by atoms with Crippen LogP contribution in [0.15, 0.2) is 27.5 Å². The summed E-state index contributed by atoms with van der Waals surface area (Å²) in [4.78, 5) is 20.6. The normalized spacial score (nSPS) is 19.5. The van der Waals surface area contributed by atoms with Crippen LogP contribution in [0.25, 0.3) is 10.9 Å². The molecule has 6 nitrogen and oxygen atoms in total. The quantitative estimate of drug-likeness (QED) is 0.722. The molecule has 1 saturated heterocycles. The summed E-state index contributed by atoms with van der Waals surface area (Å²) < 4.78 is 8.09. The molecule has 27 heavy (non-hydrogen) atoms. The van der Waals surface area contributed by atoms with Crippen LogP contribution in [0.4, 0.5) is 0 Å². The predicted octanol–water partition coefficient (Wildman–Crippen LogP) is 2.94. The molecule has 2 atom stereocenters. The topological polar surface area (TPSA) is 59.4 Å². The zero-order chi connectivity index (χ0) is 19.4. The molecule has 0 amide bonds. The SMILES string of the molecule is CCC[C@H](c1nc2ccc(Br)cc2c(=O)n1CC)N1CCN[C@@H](COC)C1. The van der Waals surface area contributed by atoms with Crippen molar-refractivity contribution in [3.8, 4) is 0 Å². The van der Waals surface area contributed by atoms with Gasteiger partial charge in [-0.05, 0) is 31.5 Å². The van der Waals surface area contributed by atoms with Crippen molar-refractivity contribution in [2.75, 3.05) is 33.4 Å². The van der Waals surface area contributed by atoms with Gasteiger partial charge in [-0.3, -0.25) is 14.3 Å². The third kappa shape index (κ3) is 4.42. The van der Waals surface area contributed by atoms with E-state index in [1.165, 1.54) is 0 Å². The van der Waals surface area contributed by atoms with Crippen molar-refractivity contribution < 1.29 is 4.74 Å². The maximum atomic E-state index is 13.1. The Bertz CT molecular complexity index is 837. The smallest absolute Gasteiger partial charge is 0.261 e. The Kier molecular flexibility index (Phi) is 7.03. The van der Waals surface area contributed by atoms with Gasteiger partial charge in [-0.15, -0.1) is 0 Å². The van der Waals surface area contributed by atoms with Crippen molar-refractivity contribution in [3.63, 3.8) is 0 Å². The highest BCUT2D eigenvalue weighted by molar-refractivity contribution is 9.10. The van der Waals surface area contributed by atoms with E-state index in [1.807, 2.05) is 29.7 Å². The Morgan fingerprint density at radius 2 is 2.22 bits per heavy atom. The second kappa shape index (κ2) is 9.28. The molecule has 3 rings (SSSR count). The van der Waals surface area contributed by atoms with E-state index in [1.54, 1.807) is 7.11 Å². The van der Waals surface area contributed by atoms with E-state index in [4.69, 9.17) is 9.72 Å². The Hall–Kier alpha value is -1.28. The first-order chi connectivity index (χ1) is 13.1. The fourth-order valence-electron chi connectivity index (χ4n) is 3.97. The number of hydrogen-bond donors (Lipinski definition) is 1. The summed E-state index contributed by atoms with van der Waals surface area (Å²) in [5.74, 6) is 0.886. The molecular weight excluding hydrogens is 408 g/mol. The van der Waals surface area contributed by atoms with Crippen LogP contribution >= 0.6 is 15.9 Å². The van der Waals surface area contributed by atoms with E-state index in [0.29, 0.717) is 24.6 Å². The zero-order valence-electron chi connectivity index (χ0n) is 16.4. The number of hydrogen-bond acceptors (Lipinski definition) is 5. The number of fused-ring (bicyclic) bond motifs is 1. The molecular formula is C20H29BrN4O2. The fourth-order valence-corrected chi connectivity index (χ4v) is 4.33. The molecule has 0 saturated carbocycles. The van der Waals surface area contributed by atoms with E-state index >= 15 is 0 Å². The molecule has 0 bridgehead atoms. The molecule has 1 aliphatic rings. The van der Waals surface area contributed by atoms with Crippen LogP contribution < -0.4 is 10.9 Å². The first-order valence-electron chi connectivity index (χ1n) is 9.75. The highest BCUT2D eigenvalue weighted by Crippen LogP contribution is 2.27. The summed E-state index contributed by atoms with van der Waals surface area (Å²) in [7, 11) is 1.74. The Balaban J connectivity index is 2.05. The molecule has 1 fully saturated rings. The number of nitrogens with one attached hydrogen (secondary N) is 1. The van der Waals surface area contributed by atoms with E-state index in [2.05, 4.69) is 33.1 Å². The summed E-state index contributed by atoms with van der Waals surface area (Å²) in [5, 5.41) is 4.18. The summed E-state index contributed by atoms with van der Waals surface area (Å²) in [6, 6.07) is 6.19. The average molecular weight is 437 g/mol. The highest BCUT2D eigenvalue weighted by atomic mass is 79.9. The third-order valence-corrected chi connectivity index (χ3v) is 5.71. The first kappa shape index (κ1) is 20.5. The summed E-state index contributed by atoms with van der Waals surface area (Å²) in [6.07, 6.45) is 2.02. The number of aromatic nitrogens is 2. The second-order valence-corrected chi connectivity index (χ2v) is 8.00. The predicted molar refractivity (Wildman–Crippen MR) is 112 cm³/mol. The molecule has 2 heterocycles. The van der Waals surface area contributed by atoms with Crippen LogP contribution in [0.3, 0.4) is 0 Å². The monoisotopic (exact) mass is 436 g/mol. The largest absolute Gasteiger partial charge is 0.383 e. The van der Waals surface area contributed by atoms with Crippen LogP contribution in [0.2, 0.25) is 0 Å². The molecule has 0 unspecified atom stereocenters. The van der Waals surface area contributed by atoms with Gasteiger partial charge in [0.2, 0.25) is 0 Å². The van der Waals surface area contributed by atoms with Crippen LogP contribution in [0.1, 0.15) is 38.6 Å². The van der Waals surface area contributed by atoms with Crippen molar-refractivity contribution >= 4 is 26.8 Å². The van der Waals surface area contributed by atoms with Gasteiger partial charge in [-0.25, -0.2) is 4.98 Å². The van der Waals surface area contributed by atoms with Gasteiger partial charge in [0, 0.05) is 43.8 Å². The Labute approximate surface area is 169 Å². The molecule has 1 N–H and O–H groups in total. The van der Waals surface area contributed by atoms with E-state index < -0.39 is 0 Å².